The van der Waals surface area contributed by atoms with Crippen molar-refractivity contribution in [2.45, 2.75) is 6.54 Å². The Morgan fingerprint density at radius 2 is 2.54 bits per heavy atom. The van der Waals surface area contributed by atoms with Crippen LogP contribution in [0.25, 0.3) is 0 Å². The van der Waals surface area contributed by atoms with Gasteiger partial charge >= 0.3 is 0 Å². The van der Waals surface area contributed by atoms with Gasteiger partial charge in [0.25, 0.3) is 12.2 Å². The van der Waals surface area contributed by atoms with E-state index in [9.17, 15) is 0 Å². The molecule has 0 aliphatic rings. The molecule has 0 unspecified atom stereocenters. The van der Waals surface area contributed by atoms with Crippen LogP contribution >= 0.6 is 0 Å². The molecule has 0 aliphatic heterocycles. The molecule has 1 aromatic heterocycles. The monoisotopic (exact) mass is 180 g/mol. The van der Waals surface area contributed by atoms with Crippen molar-refractivity contribution >= 4 is 18.9 Å². The number of aromatic nitrogens is 2. The summed E-state index contributed by atoms with van der Waals surface area (Å²) in [4.78, 5) is 8.29. The summed E-state index contributed by atoms with van der Waals surface area (Å²) in [6.45, 7) is 4.04. The van der Waals surface area contributed by atoms with Crippen molar-refractivity contribution in [3.05, 3.63) is 12.0 Å². The van der Waals surface area contributed by atoms with Gasteiger partial charge in [0, 0.05) is 13.6 Å². The molecule has 1 heterocycles. The van der Waals surface area contributed by atoms with Gasteiger partial charge in [-0.2, -0.15) is 0 Å². The lowest BCUT2D eigenvalue weighted by Crippen LogP contribution is -2.00. The van der Waals surface area contributed by atoms with Crippen LogP contribution in [-0.2, 0) is 13.6 Å². The molecule has 0 aromatic carbocycles. The molecule has 0 aliphatic carbocycles. The van der Waals surface area contributed by atoms with Gasteiger partial charge in [-0.25, -0.2) is 9.56 Å². The first-order valence-corrected chi connectivity index (χ1v) is 3.93. The number of hydrogen-bond acceptors (Lipinski definition) is 3. The molecule has 0 spiro atoms. The lowest BCUT2D eigenvalue weighted by molar-refractivity contribution is -0.349. The quantitative estimate of drug-likeness (QED) is 0.400. The zero-order valence-corrected chi connectivity index (χ0v) is 7.94. The van der Waals surface area contributed by atoms with Gasteiger partial charge in [0.2, 0.25) is 0 Å². The summed E-state index contributed by atoms with van der Waals surface area (Å²) in [6.07, 6.45) is 3.31. The molecule has 0 bridgehead atoms. The van der Waals surface area contributed by atoms with Crippen molar-refractivity contribution in [2.75, 3.05) is 7.05 Å². The first-order chi connectivity index (χ1) is 6.15. The normalized spacial score (nSPS) is 11.0. The summed E-state index contributed by atoms with van der Waals surface area (Å²) < 4.78 is 3.44. The SMILES string of the molecule is C=[N+](C)C=Nc1c(CN)ncn1C. The largest absolute Gasteiger partial charge is 0.325 e. The Kier molecular flexibility index (Phi) is 2.92. The minimum absolute atomic E-state index is 0.397. The standard InChI is InChI=1S/C8H14N5/c1-12(2)5-11-8-7(4-9)10-6-13(8)3/h5-6H,1,4,9H2,2-3H3/q+1. The van der Waals surface area contributed by atoms with Crippen LogP contribution in [0.4, 0.5) is 5.82 Å². The molecule has 0 saturated carbocycles. The molecule has 2 N–H and O–H groups in total. The third kappa shape index (κ3) is 2.22. The first-order valence-electron chi connectivity index (χ1n) is 3.93. The second kappa shape index (κ2) is 3.95. The summed E-state index contributed by atoms with van der Waals surface area (Å²) >= 11 is 0. The Labute approximate surface area is 77.2 Å². The van der Waals surface area contributed by atoms with E-state index in [1.165, 1.54) is 0 Å². The third-order valence-electron chi connectivity index (χ3n) is 1.55. The molecule has 0 radical (unpaired) electrons. The number of imidazole rings is 1. The number of aryl methyl sites for hydroxylation is 1. The average Bonchev–Trinajstić information content (AvgIpc) is 2.43. The maximum absolute atomic E-state index is 5.49. The molecule has 13 heavy (non-hydrogen) atoms. The van der Waals surface area contributed by atoms with Crippen LogP contribution in [0.3, 0.4) is 0 Å². The van der Waals surface area contributed by atoms with Gasteiger partial charge in [-0.1, -0.05) is 0 Å². The predicted molar refractivity (Wildman–Crippen MR) is 52.6 cm³/mol. The maximum Gasteiger partial charge on any atom is 0.288 e. The van der Waals surface area contributed by atoms with E-state index < -0.39 is 0 Å². The Bertz CT molecular complexity index is 336. The van der Waals surface area contributed by atoms with E-state index in [0.29, 0.717) is 6.54 Å². The summed E-state index contributed by atoms with van der Waals surface area (Å²) in [7, 11) is 3.68. The number of rotatable bonds is 3. The summed E-state index contributed by atoms with van der Waals surface area (Å²) in [6, 6.07) is 0. The van der Waals surface area contributed by atoms with E-state index in [0.717, 1.165) is 11.5 Å². The highest BCUT2D eigenvalue weighted by atomic mass is 15.1. The fraction of sp³-hybridized carbons (Fsp3) is 0.375. The van der Waals surface area contributed by atoms with Gasteiger partial charge in [-0.15, -0.1) is 0 Å². The minimum atomic E-state index is 0.397. The second-order valence-electron chi connectivity index (χ2n) is 2.83. The maximum atomic E-state index is 5.49. The number of nitrogens with zero attached hydrogens (tertiary/aromatic N) is 4. The van der Waals surface area contributed by atoms with Gasteiger partial charge in [-0.3, -0.25) is 4.57 Å². The van der Waals surface area contributed by atoms with Crippen LogP contribution in [0.1, 0.15) is 5.69 Å². The molecule has 5 nitrogen and oxygen atoms in total. The summed E-state index contributed by atoms with van der Waals surface area (Å²) in [5.41, 5.74) is 6.28. The van der Waals surface area contributed by atoms with Crippen LogP contribution in [0.15, 0.2) is 11.3 Å². The van der Waals surface area contributed by atoms with Crippen molar-refractivity contribution in [1.29, 1.82) is 0 Å². The highest BCUT2D eigenvalue weighted by Gasteiger charge is 2.10. The van der Waals surface area contributed by atoms with Gasteiger partial charge < -0.3 is 5.73 Å². The minimum Gasteiger partial charge on any atom is -0.325 e. The van der Waals surface area contributed by atoms with E-state index in [4.69, 9.17) is 5.73 Å². The Morgan fingerprint density at radius 3 is 3.08 bits per heavy atom. The topological polar surface area (TPSA) is 59.2 Å². The van der Waals surface area contributed by atoms with Crippen LogP contribution < -0.4 is 5.73 Å². The van der Waals surface area contributed by atoms with Crippen molar-refractivity contribution in [2.24, 2.45) is 17.8 Å². The Balaban J connectivity index is 2.98. The summed E-state index contributed by atoms with van der Waals surface area (Å²) in [5, 5.41) is 0. The predicted octanol–water partition coefficient (Wildman–Crippen LogP) is -0.119. The van der Waals surface area contributed by atoms with Crippen molar-refractivity contribution in [1.82, 2.24) is 9.55 Å². The zero-order chi connectivity index (χ0) is 9.84. The highest BCUT2D eigenvalue weighted by Crippen LogP contribution is 2.14. The van der Waals surface area contributed by atoms with Crippen molar-refractivity contribution in [3.8, 4) is 0 Å². The molecule has 0 amide bonds. The number of nitrogens with two attached hydrogens (primary N) is 1. The van der Waals surface area contributed by atoms with Gasteiger partial charge in [0.1, 0.15) is 5.69 Å². The second-order valence-corrected chi connectivity index (χ2v) is 2.83. The molecular formula is C8H14N5+. The zero-order valence-electron chi connectivity index (χ0n) is 7.94. The lowest BCUT2D eigenvalue weighted by Gasteiger charge is -1.90. The van der Waals surface area contributed by atoms with Gasteiger partial charge in [-0.05, 0) is 4.99 Å². The Morgan fingerprint density at radius 1 is 1.85 bits per heavy atom. The van der Waals surface area contributed by atoms with Crippen LogP contribution in [0.5, 0.6) is 0 Å². The first kappa shape index (κ1) is 9.60. The van der Waals surface area contributed by atoms with Gasteiger partial charge in [0.05, 0.1) is 20.1 Å². The molecule has 0 saturated heterocycles. The van der Waals surface area contributed by atoms with Gasteiger partial charge in [0.15, 0.2) is 0 Å². The fourth-order valence-electron chi connectivity index (χ4n) is 0.935. The van der Waals surface area contributed by atoms with Crippen LogP contribution in [0, 0.1) is 0 Å². The van der Waals surface area contributed by atoms with E-state index in [1.54, 1.807) is 17.2 Å². The molecule has 0 atom stereocenters. The molecular weight excluding hydrogens is 166 g/mol. The van der Waals surface area contributed by atoms with Crippen molar-refractivity contribution in [3.63, 3.8) is 0 Å². The highest BCUT2D eigenvalue weighted by molar-refractivity contribution is 5.55. The van der Waals surface area contributed by atoms with Crippen LogP contribution in [0.2, 0.25) is 0 Å². The fourth-order valence-corrected chi connectivity index (χ4v) is 0.935. The van der Waals surface area contributed by atoms with E-state index >= 15 is 0 Å². The lowest BCUT2D eigenvalue weighted by atomic mass is 10.4. The molecule has 0 fully saturated rings. The molecule has 1 aromatic rings. The van der Waals surface area contributed by atoms with E-state index in [2.05, 4.69) is 16.7 Å². The Hall–Kier alpha value is -1.49. The molecule has 70 valence electrons. The number of hydrogen-bond donors (Lipinski definition) is 1. The summed E-state index contributed by atoms with van der Waals surface area (Å²) in [5.74, 6) is 0.776. The molecule has 1 rings (SSSR count). The van der Waals surface area contributed by atoms with E-state index in [-0.39, 0.29) is 0 Å². The molecule has 5 heteroatoms. The average molecular weight is 180 g/mol. The van der Waals surface area contributed by atoms with Crippen LogP contribution in [-0.4, -0.2) is 34.2 Å². The van der Waals surface area contributed by atoms with E-state index in [1.807, 2.05) is 18.7 Å². The van der Waals surface area contributed by atoms with Crippen molar-refractivity contribution < 1.29 is 4.58 Å². The smallest absolute Gasteiger partial charge is 0.288 e. The number of aliphatic imine (C=N–C) groups is 1. The third-order valence-corrected chi connectivity index (χ3v) is 1.55.